The van der Waals surface area contributed by atoms with Crippen molar-refractivity contribution in [1.82, 2.24) is 9.80 Å². The fourth-order valence-corrected chi connectivity index (χ4v) is 3.01. The maximum Gasteiger partial charge on any atom is 0.326 e. The first kappa shape index (κ1) is 18.5. The van der Waals surface area contributed by atoms with Crippen molar-refractivity contribution < 1.29 is 14.7 Å². The van der Waals surface area contributed by atoms with Gasteiger partial charge in [0.15, 0.2) is 0 Å². The third-order valence-electron chi connectivity index (χ3n) is 4.59. The molecule has 1 rings (SSSR count). The molecular formula is C17H30N2O3. The molecule has 0 aromatic carbocycles. The largest absolute Gasteiger partial charge is 0.480 e. The smallest absolute Gasteiger partial charge is 0.326 e. The first-order valence-electron chi connectivity index (χ1n) is 8.23. The number of nitrogens with zero attached hydrogens (tertiary/aromatic N) is 2. The Balaban J connectivity index is 2.62. The van der Waals surface area contributed by atoms with Crippen LogP contribution in [0.25, 0.3) is 0 Å². The number of piperidine rings is 1. The lowest BCUT2D eigenvalue weighted by Gasteiger charge is -2.40. The molecule has 1 fully saturated rings. The van der Waals surface area contributed by atoms with E-state index in [0.29, 0.717) is 31.3 Å². The van der Waals surface area contributed by atoms with Gasteiger partial charge in [0.05, 0.1) is 0 Å². The van der Waals surface area contributed by atoms with Gasteiger partial charge in [0.25, 0.3) is 0 Å². The zero-order valence-corrected chi connectivity index (χ0v) is 14.1. The molecule has 0 saturated carbocycles. The maximum absolute atomic E-state index is 12.5. The highest BCUT2D eigenvalue weighted by molar-refractivity contribution is 5.82. The molecule has 0 spiro atoms. The Hall–Kier alpha value is -1.52. The molecule has 126 valence electrons. The van der Waals surface area contributed by atoms with Crippen molar-refractivity contribution in [2.45, 2.75) is 52.0 Å². The monoisotopic (exact) mass is 310 g/mol. The van der Waals surface area contributed by atoms with Crippen LogP contribution in [0.2, 0.25) is 0 Å². The van der Waals surface area contributed by atoms with Gasteiger partial charge in [0.2, 0.25) is 0 Å². The molecule has 2 unspecified atom stereocenters. The topological polar surface area (TPSA) is 60.9 Å². The fraction of sp³-hybridized carbons (Fsp3) is 0.765. The van der Waals surface area contributed by atoms with Gasteiger partial charge in [-0.25, -0.2) is 9.59 Å². The van der Waals surface area contributed by atoms with Crippen LogP contribution in [0.5, 0.6) is 0 Å². The third kappa shape index (κ3) is 5.04. The number of urea groups is 1. The van der Waals surface area contributed by atoms with E-state index in [4.69, 9.17) is 0 Å². The predicted molar refractivity (Wildman–Crippen MR) is 87.8 cm³/mol. The highest BCUT2D eigenvalue weighted by Crippen LogP contribution is 2.29. The van der Waals surface area contributed by atoms with Gasteiger partial charge in [0, 0.05) is 20.1 Å². The van der Waals surface area contributed by atoms with Crippen LogP contribution >= 0.6 is 0 Å². The minimum absolute atomic E-state index is 0.159. The van der Waals surface area contributed by atoms with Crippen molar-refractivity contribution >= 4 is 12.0 Å². The van der Waals surface area contributed by atoms with Crippen molar-refractivity contribution in [3.8, 4) is 0 Å². The van der Waals surface area contributed by atoms with E-state index in [-0.39, 0.29) is 6.03 Å². The molecular weight excluding hydrogens is 280 g/mol. The lowest BCUT2D eigenvalue weighted by molar-refractivity contribution is -0.144. The number of rotatable bonds is 7. The minimum Gasteiger partial charge on any atom is -0.480 e. The summed E-state index contributed by atoms with van der Waals surface area (Å²) < 4.78 is 0. The Labute approximate surface area is 134 Å². The van der Waals surface area contributed by atoms with E-state index in [1.54, 1.807) is 11.9 Å². The molecule has 22 heavy (non-hydrogen) atoms. The third-order valence-corrected chi connectivity index (χ3v) is 4.59. The second kappa shape index (κ2) is 8.81. The average molecular weight is 310 g/mol. The number of hydrogen-bond acceptors (Lipinski definition) is 2. The van der Waals surface area contributed by atoms with Crippen molar-refractivity contribution in [1.29, 1.82) is 0 Å². The highest BCUT2D eigenvalue weighted by atomic mass is 16.4. The van der Waals surface area contributed by atoms with Gasteiger partial charge in [-0.1, -0.05) is 19.9 Å². The molecule has 0 aromatic rings. The second-order valence-electron chi connectivity index (χ2n) is 6.56. The van der Waals surface area contributed by atoms with Crippen LogP contribution in [0.4, 0.5) is 4.79 Å². The number of amides is 2. The summed E-state index contributed by atoms with van der Waals surface area (Å²) in [6, 6.07) is -0.850. The summed E-state index contributed by atoms with van der Waals surface area (Å²) in [5.41, 5.74) is 0. The molecule has 0 bridgehead atoms. The maximum atomic E-state index is 12.5. The molecule has 5 heteroatoms. The van der Waals surface area contributed by atoms with Gasteiger partial charge in [0.1, 0.15) is 6.04 Å². The molecule has 1 N–H and O–H groups in total. The number of aliphatic carboxylic acids is 1. The molecule has 1 saturated heterocycles. The molecule has 5 nitrogen and oxygen atoms in total. The molecule has 1 heterocycles. The van der Waals surface area contributed by atoms with Gasteiger partial charge < -0.3 is 14.9 Å². The van der Waals surface area contributed by atoms with Crippen LogP contribution in [-0.4, -0.2) is 53.1 Å². The van der Waals surface area contributed by atoms with Crippen molar-refractivity contribution in [2.24, 2.45) is 11.8 Å². The lowest BCUT2D eigenvalue weighted by Crippen LogP contribution is -2.54. The number of hydrogen-bond donors (Lipinski definition) is 1. The predicted octanol–water partition coefficient (Wildman–Crippen LogP) is 3.22. The van der Waals surface area contributed by atoms with Crippen LogP contribution in [-0.2, 0) is 4.79 Å². The van der Waals surface area contributed by atoms with Crippen LogP contribution < -0.4 is 0 Å². The minimum atomic E-state index is -0.890. The summed E-state index contributed by atoms with van der Waals surface area (Å²) in [7, 11) is 1.75. The van der Waals surface area contributed by atoms with Crippen LogP contribution in [0.15, 0.2) is 12.7 Å². The molecule has 0 radical (unpaired) electrons. The van der Waals surface area contributed by atoms with E-state index in [2.05, 4.69) is 20.4 Å². The van der Waals surface area contributed by atoms with E-state index in [0.717, 1.165) is 25.7 Å². The summed E-state index contributed by atoms with van der Waals surface area (Å²) in [4.78, 5) is 27.2. The van der Waals surface area contributed by atoms with Gasteiger partial charge in [-0.3, -0.25) is 0 Å². The Morgan fingerprint density at radius 1 is 1.41 bits per heavy atom. The van der Waals surface area contributed by atoms with Crippen molar-refractivity contribution in [3.63, 3.8) is 0 Å². The Morgan fingerprint density at radius 3 is 2.64 bits per heavy atom. The first-order valence-corrected chi connectivity index (χ1v) is 8.23. The number of carboxylic acids is 1. The van der Waals surface area contributed by atoms with Crippen LogP contribution in [0.3, 0.4) is 0 Å². The summed E-state index contributed by atoms with van der Waals surface area (Å²) in [5, 5.41) is 9.46. The van der Waals surface area contributed by atoms with Crippen molar-refractivity contribution in [2.75, 3.05) is 20.1 Å². The Kier molecular flexibility index (Phi) is 7.42. The molecule has 0 aliphatic carbocycles. The van der Waals surface area contributed by atoms with Crippen LogP contribution in [0, 0.1) is 11.8 Å². The van der Waals surface area contributed by atoms with E-state index in [1.807, 2.05) is 6.08 Å². The number of unbranched alkanes of at least 4 members (excludes halogenated alkanes) is 2. The lowest BCUT2D eigenvalue weighted by atomic mass is 9.83. The SMILES string of the molecule is C=CCCCCN(C)C(=O)N1CCC(C(C)C)CC1C(=O)O. The van der Waals surface area contributed by atoms with E-state index >= 15 is 0 Å². The first-order chi connectivity index (χ1) is 10.4. The number of carboxylic acid groups (broad SMARTS) is 1. The number of carbonyl (C=O) groups excluding carboxylic acids is 1. The standard InChI is InChI=1S/C17H30N2O3/c1-5-6-7-8-10-18(4)17(22)19-11-9-14(13(2)3)12-15(19)16(20)21/h5,13-15H,1,6-12H2,2-4H3,(H,20,21). The van der Waals surface area contributed by atoms with Crippen molar-refractivity contribution in [3.05, 3.63) is 12.7 Å². The van der Waals surface area contributed by atoms with E-state index in [1.165, 1.54) is 4.90 Å². The fourth-order valence-electron chi connectivity index (χ4n) is 3.01. The Morgan fingerprint density at radius 2 is 2.09 bits per heavy atom. The summed E-state index contributed by atoms with van der Waals surface area (Å²) in [6.45, 7) is 9.11. The van der Waals surface area contributed by atoms with Crippen LogP contribution in [0.1, 0.15) is 46.0 Å². The van der Waals surface area contributed by atoms with Gasteiger partial charge in [-0.05, 0) is 43.9 Å². The summed E-state index contributed by atoms with van der Waals surface area (Å²) in [5.74, 6) is -0.0578. The van der Waals surface area contributed by atoms with Gasteiger partial charge in [-0.2, -0.15) is 0 Å². The summed E-state index contributed by atoms with van der Waals surface area (Å²) >= 11 is 0. The molecule has 1 aliphatic rings. The van der Waals surface area contributed by atoms with Gasteiger partial charge >= 0.3 is 12.0 Å². The quantitative estimate of drug-likeness (QED) is 0.580. The molecule has 2 atom stereocenters. The normalized spacial score (nSPS) is 21.7. The zero-order valence-electron chi connectivity index (χ0n) is 14.1. The number of allylic oxidation sites excluding steroid dienone is 1. The highest BCUT2D eigenvalue weighted by Gasteiger charge is 2.37. The zero-order chi connectivity index (χ0) is 16.7. The van der Waals surface area contributed by atoms with E-state index < -0.39 is 12.0 Å². The molecule has 2 amide bonds. The average Bonchev–Trinajstić information content (AvgIpc) is 2.49. The number of likely N-dealkylation sites (tertiary alicyclic amines) is 1. The van der Waals surface area contributed by atoms with E-state index in [9.17, 15) is 14.7 Å². The number of carbonyl (C=O) groups is 2. The summed E-state index contributed by atoms with van der Waals surface area (Å²) in [6.07, 6.45) is 6.17. The second-order valence-corrected chi connectivity index (χ2v) is 6.56. The molecule has 1 aliphatic heterocycles. The molecule has 0 aromatic heterocycles. The Bertz CT molecular complexity index is 395. The van der Waals surface area contributed by atoms with Gasteiger partial charge in [-0.15, -0.1) is 6.58 Å².